The Kier molecular flexibility index (Phi) is 3.38. The van der Waals surface area contributed by atoms with Gasteiger partial charge < -0.3 is 4.98 Å². The molecule has 0 radical (unpaired) electrons. The lowest BCUT2D eigenvalue weighted by Crippen LogP contribution is -2.03. The van der Waals surface area contributed by atoms with Crippen LogP contribution in [0.2, 0.25) is 0 Å². The van der Waals surface area contributed by atoms with Gasteiger partial charge in [-0.15, -0.1) is 11.6 Å². The van der Waals surface area contributed by atoms with E-state index < -0.39 is 22.8 Å². The van der Waals surface area contributed by atoms with Crippen molar-refractivity contribution in [3.8, 4) is 0 Å². The number of aromatic amines is 1. The van der Waals surface area contributed by atoms with Crippen LogP contribution in [0.5, 0.6) is 0 Å². The molecule has 1 aromatic heterocycles. The van der Waals surface area contributed by atoms with E-state index in [1.165, 1.54) is 6.20 Å². The zero-order valence-electron chi connectivity index (χ0n) is 8.55. The molecule has 1 unspecified atom stereocenters. The maximum absolute atomic E-state index is 13.4. The second-order valence-corrected chi connectivity index (χ2v) is 4.00. The van der Waals surface area contributed by atoms with Crippen LogP contribution >= 0.6 is 11.6 Å². The molecular weight excluding hydrogens is 253 g/mol. The Balaban J connectivity index is 2.25. The minimum atomic E-state index is -1.51. The smallest absolute Gasteiger partial charge is 0.194 e. The van der Waals surface area contributed by atoms with Crippen molar-refractivity contribution in [3.63, 3.8) is 0 Å². The van der Waals surface area contributed by atoms with Gasteiger partial charge in [-0.2, -0.15) is 0 Å². The molecule has 0 aliphatic carbocycles. The number of hydrogen-bond donors (Lipinski definition) is 1. The first kappa shape index (κ1) is 12.0. The Bertz CT molecular complexity index is 514. The summed E-state index contributed by atoms with van der Waals surface area (Å²) < 4.78 is 39.1. The first-order valence-corrected chi connectivity index (χ1v) is 5.29. The molecule has 0 saturated heterocycles. The molecule has 0 bridgehead atoms. The quantitative estimate of drug-likeness (QED) is 0.665. The van der Waals surface area contributed by atoms with Crippen LogP contribution in [-0.2, 0) is 6.42 Å². The number of benzene rings is 1. The molecule has 0 saturated carbocycles. The third-order valence-electron chi connectivity index (χ3n) is 2.33. The molecule has 0 spiro atoms. The van der Waals surface area contributed by atoms with Crippen molar-refractivity contribution in [3.05, 3.63) is 53.4 Å². The number of aromatic nitrogens is 2. The van der Waals surface area contributed by atoms with Crippen LogP contribution in [0.4, 0.5) is 13.2 Å². The highest BCUT2D eigenvalue weighted by atomic mass is 35.5. The van der Waals surface area contributed by atoms with Gasteiger partial charge in [0, 0.05) is 24.4 Å². The first-order valence-electron chi connectivity index (χ1n) is 4.85. The van der Waals surface area contributed by atoms with Crippen LogP contribution in [0.3, 0.4) is 0 Å². The second kappa shape index (κ2) is 4.79. The molecule has 17 heavy (non-hydrogen) atoms. The molecule has 1 atom stereocenters. The van der Waals surface area contributed by atoms with Crippen LogP contribution in [-0.4, -0.2) is 9.97 Å². The summed E-state index contributed by atoms with van der Waals surface area (Å²) in [5, 5.41) is -0.809. The van der Waals surface area contributed by atoms with E-state index >= 15 is 0 Å². The van der Waals surface area contributed by atoms with Gasteiger partial charge in [-0.3, -0.25) is 0 Å². The summed E-state index contributed by atoms with van der Waals surface area (Å²) in [7, 11) is 0. The molecule has 0 aliphatic heterocycles. The first-order chi connectivity index (χ1) is 8.09. The molecule has 0 fully saturated rings. The van der Waals surface area contributed by atoms with Crippen LogP contribution in [0.1, 0.15) is 16.8 Å². The zero-order chi connectivity index (χ0) is 12.4. The minimum Gasteiger partial charge on any atom is -0.349 e. The fraction of sp³-hybridized carbons (Fsp3) is 0.182. The summed E-state index contributed by atoms with van der Waals surface area (Å²) >= 11 is 5.94. The van der Waals surface area contributed by atoms with Gasteiger partial charge in [-0.1, -0.05) is 6.07 Å². The predicted molar refractivity (Wildman–Crippen MR) is 57.2 cm³/mol. The number of H-pyrrole nitrogens is 1. The molecule has 2 nitrogen and oxygen atoms in total. The maximum atomic E-state index is 13.4. The Labute approximate surface area is 100 Å². The fourth-order valence-electron chi connectivity index (χ4n) is 1.47. The highest BCUT2D eigenvalue weighted by Crippen LogP contribution is 2.28. The van der Waals surface area contributed by atoms with E-state index in [2.05, 4.69) is 9.97 Å². The molecule has 0 amide bonds. The van der Waals surface area contributed by atoms with Gasteiger partial charge in [0.15, 0.2) is 17.5 Å². The SMILES string of the molecule is Fc1ccc(C(Cl)Cc2ncc[nH]2)c(F)c1F. The van der Waals surface area contributed by atoms with Crippen molar-refractivity contribution in [2.75, 3.05) is 0 Å². The van der Waals surface area contributed by atoms with Gasteiger partial charge >= 0.3 is 0 Å². The van der Waals surface area contributed by atoms with Crippen molar-refractivity contribution in [1.29, 1.82) is 0 Å². The van der Waals surface area contributed by atoms with Crippen LogP contribution < -0.4 is 0 Å². The second-order valence-electron chi connectivity index (χ2n) is 3.47. The van der Waals surface area contributed by atoms with Crippen LogP contribution in [0, 0.1) is 17.5 Å². The maximum Gasteiger partial charge on any atom is 0.194 e. The molecule has 90 valence electrons. The number of nitrogens with one attached hydrogen (secondary N) is 1. The summed E-state index contributed by atoms with van der Waals surface area (Å²) in [6, 6.07) is 1.99. The number of nitrogens with zero attached hydrogens (tertiary/aromatic N) is 1. The monoisotopic (exact) mass is 260 g/mol. The lowest BCUT2D eigenvalue weighted by molar-refractivity contribution is 0.440. The van der Waals surface area contributed by atoms with Crippen LogP contribution in [0.25, 0.3) is 0 Å². The minimum absolute atomic E-state index is 0.0815. The summed E-state index contributed by atoms with van der Waals surface area (Å²) in [5.41, 5.74) is -0.0815. The van der Waals surface area contributed by atoms with E-state index in [0.29, 0.717) is 5.82 Å². The average molecular weight is 261 g/mol. The van der Waals surface area contributed by atoms with Crippen molar-refractivity contribution >= 4 is 11.6 Å². The topological polar surface area (TPSA) is 28.7 Å². The summed E-state index contributed by atoms with van der Waals surface area (Å²) in [6.45, 7) is 0. The molecule has 1 heterocycles. The Hall–Kier alpha value is -1.49. The van der Waals surface area contributed by atoms with E-state index in [4.69, 9.17) is 11.6 Å². The third-order valence-corrected chi connectivity index (χ3v) is 2.72. The van der Waals surface area contributed by atoms with E-state index in [-0.39, 0.29) is 12.0 Å². The van der Waals surface area contributed by atoms with Gasteiger partial charge in [0.2, 0.25) is 0 Å². The van der Waals surface area contributed by atoms with Crippen molar-refractivity contribution in [1.82, 2.24) is 9.97 Å². The number of alkyl halides is 1. The lowest BCUT2D eigenvalue weighted by atomic mass is 10.1. The van der Waals surface area contributed by atoms with Gasteiger partial charge in [0.1, 0.15) is 5.82 Å². The largest absolute Gasteiger partial charge is 0.349 e. The summed E-state index contributed by atoms with van der Waals surface area (Å²) in [6.07, 6.45) is 3.33. The van der Waals surface area contributed by atoms with Crippen molar-refractivity contribution < 1.29 is 13.2 Å². The van der Waals surface area contributed by atoms with Gasteiger partial charge in [0.25, 0.3) is 0 Å². The van der Waals surface area contributed by atoms with Gasteiger partial charge in [-0.05, 0) is 6.07 Å². The standard InChI is InChI=1S/C11H8ClF3N2/c12-7(5-9-16-3-4-17-9)6-1-2-8(13)11(15)10(6)14/h1-4,7H,5H2,(H,16,17). The number of rotatable bonds is 3. The Morgan fingerprint density at radius 1 is 1.24 bits per heavy atom. The molecule has 6 heteroatoms. The van der Waals surface area contributed by atoms with E-state index in [1.807, 2.05) is 0 Å². The number of imidazole rings is 1. The number of hydrogen-bond acceptors (Lipinski definition) is 1. The normalized spacial score (nSPS) is 12.7. The molecule has 1 aromatic carbocycles. The van der Waals surface area contributed by atoms with Gasteiger partial charge in [0.05, 0.1) is 5.38 Å². The van der Waals surface area contributed by atoms with Crippen molar-refractivity contribution in [2.24, 2.45) is 0 Å². The van der Waals surface area contributed by atoms with E-state index in [0.717, 1.165) is 12.1 Å². The molecule has 0 aliphatic rings. The number of halogens is 4. The Morgan fingerprint density at radius 3 is 2.65 bits per heavy atom. The highest BCUT2D eigenvalue weighted by molar-refractivity contribution is 6.20. The molecule has 1 N–H and O–H groups in total. The highest BCUT2D eigenvalue weighted by Gasteiger charge is 2.20. The third kappa shape index (κ3) is 2.44. The van der Waals surface area contributed by atoms with Gasteiger partial charge in [-0.25, -0.2) is 18.2 Å². The van der Waals surface area contributed by atoms with E-state index in [9.17, 15) is 13.2 Å². The lowest BCUT2D eigenvalue weighted by Gasteiger charge is -2.10. The summed E-state index contributed by atoms with van der Waals surface area (Å²) in [5.74, 6) is -3.44. The van der Waals surface area contributed by atoms with Crippen molar-refractivity contribution in [2.45, 2.75) is 11.8 Å². The summed E-state index contributed by atoms with van der Waals surface area (Å²) in [4.78, 5) is 6.72. The fourth-order valence-corrected chi connectivity index (χ4v) is 1.79. The Morgan fingerprint density at radius 2 is 2.00 bits per heavy atom. The molecule has 2 aromatic rings. The van der Waals surface area contributed by atoms with E-state index in [1.54, 1.807) is 6.20 Å². The zero-order valence-corrected chi connectivity index (χ0v) is 9.31. The molecular formula is C11H8ClF3N2. The predicted octanol–water partition coefficient (Wildman–Crippen LogP) is 3.35. The van der Waals surface area contributed by atoms with Crippen LogP contribution in [0.15, 0.2) is 24.5 Å². The average Bonchev–Trinajstić information content (AvgIpc) is 2.78. The molecule has 2 rings (SSSR count).